The lowest BCUT2D eigenvalue weighted by Gasteiger charge is -2.13. The number of carbonyl (C=O) groups is 1. The first-order valence-corrected chi connectivity index (χ1v) is 10.3. The molecule has 2 aromatic rings. The first kappa shape index (κ1) is 22.0. The van der Waals surface area contributed by atoms with Crippen LogP contribution in [0, 0.1) is 0 Å². The van der Waals surface area contributed by atoms with Gasteiger partial charge in [0.1, 0.15) is 11.9 Å². The van der Waals surface area contributed by atoms with E-state index in [9.17, 15) is 4.79 Å². The number of benzene rings is 2. The molecule has 0 aliphatic rings. The zero-order valence-corrected chi connectivity index (χ0v) is 17.3. The fourth-order valence-electron chi connectivity index (χ4n) is 2.83. The van der Waals surface area contributed by atoms with Crippen molar-refractivity contribution in [3.63, 3.8) is 0 Å². The van der Waals surface area contributed by atoms with Crippen LogP contribution >= 0.6 is 0 Å². The van der Waals surface area contributed by atoms with Crippen LogP contribution < -0.4 is 4.74 Å². The van der Waals surface area contributed by atoms with E-state index in [2.05, 4.69) is 6.92 Å². The highest BCUT2D eigenvalue weighted by Gasteiger charge is 2.12. The second-order valence-corrected chi connectivity index (χ2v) is 6.89. The highest BCUT2D eigenvalue weighted by molar-refractivity contribution is 5.90. The lowest BCUT2D eigenvalue weighted by Crippen LogP contribution is -2.20. The molecule has 28 heavy (non-hydrogen) atoms. The molecule has 0 aliphatic carbocycles. The lowest BCUT2D eigenvalue weighted by molar-refractivity contribution is 0.00440. The van der Waals surface area contributed by atoms with Crippen LogP contribution in [0.3, 0.4) is 0 Å². The number of rotatable bonds is 12. The second kappa shape index (κ2) is 12.2. The van der Waals surface area contributed by atoms with Gasteiger partial charge in [0.15, 0.2) is 0 Å². The van der Waals surface area contributed by atoms with Gasteiger partial charge in [-0.05, 0) is 55.7 Å². The summed E-state index contributed by atoms with van der Waals surface area (Å²) in [6, 6.07) is 15.5. The van der Waals surface area contributed by atoms with E-state index in [4.69, 9.17) is 14.2 Å². The Morgan fingerprint density at radius 1 is 0.893 bits per heavy atom. The highest BCUT2D eigenvalue weighted by atomic mass is 16.6. The van der Waals surface area contributed by atoms with Crippen molar-refractivity contribution in [1.82, 2.24) is 0 Å². The Hall–Kier alpha value is -2.33. The minimum Gasteiger partial charge on any atom is -0.494 e. The molecule has 2 aromatic carbocycles. The van der Waals surface area contributed by atoms with Crippen molar-refractivity contribution < 1.29 is 19.0 Å². The van der Waals surface area contributed by atoms with Gasteiger partial charge in [-0.15, -0.1) is 0 Å². The number of esters is 1. The van der Waals surface area contributed by atoms with Crippen LogP contribution in [0.2, 0.25) is 0 Å². The van der Waals surface area contributed by atoms with Gasteiger partial charge in [0, 0.05) is 6.61 Å². The maximum atomic E-state index is 12.2. The monoisotopic (exact) mass is 384 g/mol. The van der Waals surface area contributed by atoms with E-state index in [1.165, 1.54) is 19.3 Å². The van der Waals surface area contributed by atoms with E-state index >= 15 is 0 Å². The molecule has 0 saturated heterocycles. The third kappa shape index (κ3) is 7.35. The maximum absolute atomic E-state index is 12.2. The van der Waals surface area contributed by atoms with Crippen molar-refractivity contribution in [2.75, 3.05) is 19.8 Å². The fourth-order valence-corrected chi connectivity index (χ4v) is 2.83. The maximum Gasteiger partial charge on any atom is 0.338 e. The Balaban J connectivity index is 1.87. The summed E-state index contributed by atoms with van der Waals surface area (Å²) >= 11 is 0. The predicted molar refractivity (Wildman–Crippen MR) is 113 cm³/mol. The third-order valence-electron chi connectivity index (χ3n) is 4.44. The molecular weight excluding hydrogens is 352 g/mol. The Morgan fingerprint density at radius 2 is 1.54 bits per heavy atom. The molecule has 0 fully saturated rings. The van der Waals surface area contributed by atoms with Crippen LogP contribution in [0.4, 0.5) is 0 Å². The van der Waals surface area contributed by atoms with E-state index in [1.54, 1.807) is 12.1 Å². The smallest absolute Gasteiger partial charge is 0.338 e. The standard InChI is InChI=1S/C24H32O4/c1-4-6-7-8-17-27-23-15-13-21(14-16-23)20-9-11-22(12-10-20)24(25)28-19(3)18-26-5-2/h9-16,19H,4-8,17-18H2,1-3H3. The molecule has 0 bridgehead atoms. The number of ether oxygens (including phenoxy) is 3. The van der Waals surface area contributed by atoms with Gasteiger partial charge in [-0.1, -0.05) is 50.5 Å². The van der Waals surface area contributed by atoms with Gasteiger partial charge in [-0.2, -0.15) is 0 Å². The highest BCUT2D eigenvalue weighted by Crippen LogP contribution is 2.23. The van der Waals surface area contributed by atoms with Gasteiger partial charge >= 0.3 is 5.97 Å². The normalized spacial score (nSPS) is 11.8. The minimum absolute atomic E-state index is 0.262. The molecule has 0 amide bonds. The first-order valence-electron chi connectivity index (χ1n) is 10.3. The molecule has 1 atom stereocenters. The van der Waals surface area contributed by atoms with E-state index < -0.39 is 0 Å². The van der Waals surface area contributed by atoms with Crippen LogP contribution in [0.1, 0.15) is 56.8 Å². The largest absolute Gasteiger partial charge is 0.494 e. The van der Waals surface area contributed by atoms with Gasteiger partial charge in [-0.25, -0.2) is 4.79 Å². The zero-order valence-electron chi connectivity index (χ0n) is 17.3. The Labute approximate surface area is 168 Å². The minimum atomic E-state index is -0.328. The fraction of sp³-hybridized carbons (Fsp3) is 0.458. The summed E-state index contributed by atoms with van der Waals surface area (Å²) in [6.07, 6.45) is 4.54. The molecule has 4 nitrogen and oxygen atoms in total. The Morgan fingerprint density at radius 3 is 2.14 bits per heavy atom. The molecule has 0 aliphatic heterocycles. The van der Waals surface area contributed by atoms with Crippen molar-refractivity contribution >= 4 is 5.97 Å². The van der Waals surface area contributed by atoms with Crippen LogP contribution in [0.15, 0.2) is 48.5 Å². The lowest BCUT2D eigenvalue weighted by atomic mass is 10.0. The number of carbonyl (C=O) groups excluding carboxylic acids is 1. The van der Waals surface area contributed by atoms with Gasteiger partial charge < -0.3 is 14.2 Å². The molecule has 0 N–H and O–H groups in total. The molecule has 0 aromatic heterocycles. The molecule has 4 heteroatoms. The summed E-state index contributed by atoms with van der Waals surface area (Å²) in [4.78, 5) is 12.2. The van der Waals surface area contributed by atoms with Gasteiger partial charge in [-0.3, -0.25) is 0 Å². The quantitative estimate of drug-likeness (QED) is 0.338. The van der Waals surface area contributed by atoms with Crippen LogP contribution in [0.5, 0.6) is 5.75 Å². The summed E-state index contributed by atoms with van der Waals surface area (Å²) < 4.78 is 16.4. The summed E-state index contributed by atoms with van der Waals surface area (Å²) in [5.74, 6) is 0.564. The first-order chi connectivity index (χ1) is 13.6. The summed E-state index contributed by atoms with van der Waals surface area (Å²) in [6.45, 7) is 7.73. The number of hydrogen-bond donors (Lipinski definition) is 0. The van der Waals surface area contributed by atoms with Crippen molar-refractivity contribution in [1.29, 1.82) is 0 Å². The third-order valence-corrected chi connectivity index (χ3v) is 4.44. The molecular formula is C24H32O4. The van der Waals surface area contributed by atoms with Gasteiger partial charge in [0.2, 0.25) is 0 Å². The molecule has 0 saturated carbocycles. The van der Waals surface area contributed by atoms with Gasteiger partial charge in [0.25, 0.3) is 0 Å². The molecule has 2 rings (SSSR count). The SMILES string of the molecule is CCCCCCOc1ccc(-c2ccc(C(=O)OC(C)COCC)cc2)cc1. The number of hydrogen-bond acceptors (Lipinski definition) is 4. The van der Waals surface area contributed by atoms with Crippen molar-refractivity contribution in [2.24, 2.45) is 0 Å². The van der Waals surface area contributed by atoms with E-state index in [0.29, 0.717) is 18.8 Å². The summed E-state index contributed by atoms with van der Waals surface area (Å²) in [5.41, 5.74) is 2.68. The molecule has 0 radical (unpaired) electrons. The topological polar surface area (TPSA) is 44.8 Å². The zero-order chi connectivity index (χ0) is 20.2. The van der Waals surface area contributed by atoms with Crippen molar-refractivity contribution in [2.45, 2.75) is 52.6 Å². The van der Waals surface area contributed by atoms with Crippen LogP contribution in [0.25, 0.3) is 11.1 Å². The Bertz CT molecular complexity index is 692. The van der Waals surface area contributed by atoms with E-state index in [-0.39, 0.29) is 12.1 Å². The van der Waals surface area contributed by atoms with Crippen LogP contribution in [-0.4, -0.2) is 31.9 Å². The summed E-state index contributed by atoms with van der Waals surface area (Å²) in [5, 5.41) is 0. The average molecular weight is 385 g/mol. The van der Waals surface area contributed by atoms with Crippen LogP contribution in [-0.2, 0) is 9.47 Å². The van der Waals surface area contributed by atoms with E-state index in [1.807, 2.05) is 50.2 Å². The predicted octanol–water partition coefficient (Wildman–Crippen LogP) is 5.89. The van der Waals surface area contributed by atoms with Crippen molar-refractivity contribution in [3.05, 3.63) is 54.1 Å². The van der Waals surface area contributed by atoms with Gasteiger partial charge in [0.05, 0.1) is 18.8 Å². The van der Waals surface area contributed by atoms with E-state index in [0.717, 1.165) is 29.9 Å². The Kier molecular flexibility index (Phi) is 9.56. The molecule has 152 valence electrons. The molecule has 0 spiro atoms. The molecule has 1 unspecified atom stereocenters. The molecule has 0 heterocycles. The average Bonchev–Trinajstić information content (AvgIpc) is 2.72. The second-order valence-electron chi connectivity index (χ2n) is 6.89. The summed E-state index contributed by atoms with van der Waals surface area (Å²) in [7, 11) is 0. The van der Waals surface area contributed by atoms with Crippen molar-refractivity contribution in [3.8, 4) is 16.9 Å². The number of unbranched alkanes of at least 4 members (excludes halogenated alkanes) is 3.